The fourth-order valence-electron chi connectivity index (χ4n) is 2.77. The van der Waals surface area contributed by atoms with Crippen LogP contribution in [0.4, 0.5) is 8.78 Å². The number of aliphatic hydroxyl groups is 1. The zero-order valence-electron chi connectivity index (χ0n) is 12.9. The third kappa shape index (κ3) is 3.91. The second-order valence-corrected chi connectivity index (χ2v) is 5.88. The van der Waals surface area contributed by atoms with Crippen molar-refractivity contribution >= 4 is 11.5 Å². The smallest absolute Gasteiger partial charge is 0.246 e. The first-order chi connectivity index (χ1) is 10.4. The Morgan fingerprint density at radius 1 is 1.45 bits per heavy atom. The maximum absolute atomic E-state index is 13.7. The van der Waals surface area contributed by atoms with Crippen molar-refractivity contribution in [3.05, 3.63) is 41.5 Å². The van der Waals surface area contributed by atoms with Crippen LogP contribution in [-0.4, -0.2) is 35.1 Å². The van der Waals surface area contributed by atoms with E-state index in [1.807, 2.05) is 0 Å². The number of piperidine rings is 1. The molecule has 0 aromatic heterocycles. The molecule has 5 heteroatoms. The number of halogens is 2. The van der Waals surface area contributed by atoms with E-state index in [0.29, 0.717) is 18.7 Å². The number of amides is 1. The number of hydrogen-bond acceptors (Lipinski definition) is 2. The maximum atomic E-state index is 13.7. The summed E-state index contributed by atoms with van der Waals surface area (Å²) in [4.78, 5) is 14.0. The van der Waals surface area contributed by atoms with E-state index in [2.05, 4.69) is 0 Å². The highest BCUT2D eigenvalue weighted by Crippen LogP contribution is 2.22. The number of aliphatic hydroxyl groups excluding tert-OH is 1. The number of carbonyl (C=O) groups is 1. The Bertz CT molecular complexity index is 584. The van der Waals surface area contributed by atoms with Crippen molar-refractivity contribution in [3.8, 4) is 0 Å². The number of likely N-dealkylation sites (tertiary alicyclic amines) is 1. The van der Waals surface area contributed by atoms with E-state index in [1.54, 1.807) is 18.7 Å². The van der Waals surface area contributed by atoms with Crippen molar-refractivity contribution in [3.63, 3.8) is 0 Å². The van der Waals surface area contributed by atoms with Crippen LogP contribution in [-0.2, 0) is 4.79 Å². The Labute approximate surface area is 129 Å². The van der Waals surface area contributed by atoms with Gasteiger partial charge in [-0.2, -0.15) is 0 Å². The molecule has 2 unspecified atom stereocenters. The van der Waals surface area contributed by atoms with Gasteiger partial charge in [-0.05, 0) is 44.4 Å². The number of benzene rings is 1. The van der Waals surface area contributed by atoms with E-state index >= 15 is 0 Å². The van der Waals surface area contributed by atoms with E-state index in [-0.39, 0.29) is 17.4 Å². The average Bonchev–Trinajstić information content (AvgIpc) is 2.47. The van der Waals surface area contributed by atoms with Crippen molar-refractivity contribution in [2.75, 3.05) is 13.1 Å². The predicted molar refractivity (Wildman–Crippen MR) is 81.0 cm³/mol. The van der Waals surface area contributed by atoms with E-state index in [9.17, 15) is 18.7 Å². The first-order valence-electron chi connectivity index (χ1n) is 7.49. The Hall–Kier alpha value is -1.75. The monoisotopic (exact) mass is 309 g/mol. The molecule has 0 radical (unpaired) electrons. The number of carbonyl (C=O) groups excluding carboxylic acids is 1. The Balaban J connectivity index is 2.12. The molecule has 1 fully saturated rings. The van der Waals surface area contributed by atoms with Gasteiger partial charge in [-0.3, -0.25) is 4.79 Å². The lowest BCUT2D eigenvalue weighted by atomic mass is 9.93. The van der Waals surface area contributed by atoms with Crippen LogP contribution in [0, 0.1) is 17.6 Å². The predicted octanol–water partition coefficient (Wildman–Crippen LogP) is 2.99. The van der Waals surface area contributed by atoms with Gasteiger partial charge < -0.3 is 10.0 Å². The van der Waals surface area contributed by atoms with Gasteiger partial charge in [0.05, 0.1) is 6.10 Å². The normalized spacial score (nSPS) is 20.9. The lowest BCUT2D eigenvalue weighted by molar-refractivity contribution is -0.128. The Morgan fingerprint density at radius 2 is 2.18 bits per heavy atom. The van der Waals surface area contributed by atoms with E-state index < -0.39 is 17.7 Å². The minimum absolute atomic E-state index is 0.0777. The summed E-state index contributed by atoms with van der Waals surface area (Å²) >= 11 is 0. The molecule has 1 aromatic rings. The van der Waals surface area contributed by atoms with E-state index in [0.717, 1.165) is 18.9 Å². The summed E-state index contributed by atoms with van der Waals surface area (Å²) in [6.45, 7) is 4.50. The van der Waals surface area contributed by atoms with Crippen LogP contribution in [0.3, 0.4) is 0 Å². The summed E-state index contributed by atoms with van der Waals surface area (Å²) in [5.41, 5.74) is 0.681. The van der Waals surface area contributed by atoms with Gasteiger partial charge in [0.1, 0.15) is 11.6 Å². The van der Waals surface area contributed by atoms with Crippen molar-refractivity contribution in [1.82, 2.24) is 4.90 Å². The van der Waals surface area contributed by atoms with Crippen LogP contribution in [0.1, 0.15) is 32.3 Å². The molecule has 1 N–H and O–H groups in total. The standard InChI is InChI=1S/C17H21F2NO2/c1-11(15-6-5-14(18)9-16(15)19)8-17(22)20-7-3-4-13(10-20)12(2)21/h5-6,8-9,12-13,21H,3-4,7,10H2,1-2H3/b11-8-. The van der Waals surface area contributed by atoms with Gasteiger partial charge in [0.2, 0.25) is 5.91 Å². The van der Waals surface area contributed by atoms with Crippen molar-refractivity contribution in [2.45, 2.75) is 32.8 Å². The molecular formula is C17H21F2NO2. The lowest BCUT2D eigenvalue weighted by Gasteiger charge is -2.33. The molecule has 1 aromatic carbocycles. The number of rotatable bonds is 3. The first kappa shape index (κ1) is 16.6. The van der Waals surface area contributed by atoms with Gasteiger partial charge in [-0.25, -0.2) is 8.78 Å². The van der Waals surface area contributed by atoms with Gasteiger partial charge in [-0.15, -0.1) is 0 Å². The van der Waals surface area contributed by atoms with Crippen LogP contribution < -0.4 is 0 Å². The maximum Gasteiger partial charge on any atom is 0.246 e. The van der Waals surface area contributed by atoms with Crippen molar-refractivity contribution in [1.29, 1.82) is 0 Å². The van der Waals surface area contributed by atoms with Gasteiger partial charge in [0.15, 0.2) is 0 Å². The fourth-order valence-corrected chi connectivity index (χ4v) is 2.77. The van der Waals surface area contributed by atoms with Crippen LogP contribution >= 0.6 is 0 Å². The molecule has 1 saturated heterocycles. The summed E-state index contributed by atoms with van der Waals surface area (Å²) in [5.74, 6) is -1.45. The molecule has 3 nitrogen and oxygen atoms in total. The molecule has 1 aliphatic heterocycles. The molecule has 0 bridgehead atoms. The van der Waals surface area contributed by atoms with Gasteiger partial charge in [-0.1, -0.05) is 0 Å². The highest BCUT2D eigenvalue weighted by molar-refractivity contribution is 5.95. The van der Waals surface area contributed by atoms with E-state index in [4.69, 9.17) is 0 Å². The SMILES string of the molecule is C/C(=C/C(=O)N1CCCC(C(C)O)C1)c1ccc(F)cc1F. The lowest BCUT2D eigenvalue weighted by Crippen LogP contribution is -2.42. The van der Waals surface area contributed by atoms with Crippen LogP contribution in [0.15, 0.2) is 24.3 Å². The molecular weight excluding hydrogens is 288 g/mol. The molecule has 1 aliphatic rings. The van der Waals surface area contributed by atoms with Crippen LogP contribution in [0.25, 0.3) is 5.57 Å². The minimum atomic E-state index is -0.679. The molecule has 0 saturated carbocycles. The Morgan fingerprint density at radius 3 is 2.82 bits per heavy atom. The third-order valence-corrected chi connectivity index (χ3v) is 4.15. The molecule has 2 rings (SSSR count). The van der Waals surface area contributed by atoms with Crippen LogP contribution in [0.2, 0.25) is 0 Å². The number of allylic oxidation sites excluding steroid dienone is 1. The highest BCUT2D eigenvalue weighted by atomic mass is 19.1. The molecule has 0 spiro atoms. The molecule has 1 amide bonds. The van der Waals surface area contributed by atoms with Gasteiger partial charge in [0.25, 0.3) is 0 Å². The molecule has 1 heterocycles. The summed E-state index contributed by atoms with van der Waals surface area (Å²) in [5, 5.41) is 9.66. The summed E-state index contributed by atoms with van der Waals surface area (Å²) in [6, 6.07) is 3.31. The van der Waals surface area contributed by atoms with Gasteiger partial charge >= 0.3 is 0 Å². The average molecular weight is 309 g/mol. The third-order valence-electron chi connectivity index (χ3n) is 4.15. The first-order valence-corrected chi connectivity index (χ1v) is 7.49. The summed E-state index contributed by atoms with van der Waals surface area (Å²) in [7, 11) is 0. The summed E-state index contributed by atoms with van der Waals surface area (Å²) < 4.78 is 26.6. The van der Waals surface area contributed by atoms with Gasteiger partial charge in [0, 0.05) is 36.7 Å². The molecule has 2 atom stereocenters. The second kappa shape index (κ2) is 7.01. The largest absolute Gasteiger partial charge is 0.393 e. The molecule has 120 valence electrons. The minimum Gasteiger partial charge on any atom is -0.393 e. The zero-order valence-corrected chi connectivity index (χ0v) is 12.9. The molecule has 0 aliphatic carbocycles. The molecule has 22 heavy (non-hydrogen) atoms. The second-order valence-electron chi connectivity index (χ2n) is 5.88. The number of hydrogen-bond donors (Lipinski definition) is 1. The highest BCUT2D eigenvalue weighted by Gasteiger charge is 2.25. The van der Waals surface area contributed by atoms with Crippen LogP contribution in [0.5, 0.6) is 0 Å². The topological polar surface area (TPSA) is 40.5 Å². The quantitative estimate of drug-likeness (QED) is 0.872. The zero-order chi connectivity index (χ0) is 16.3. The Kier molecular flexibility index (Phi) is 5.29. The van der Waals surface area contributed by atoms with Crippen molar-refractivity contribution in [2.24, 2.45) is 5.92 Å². The van der Waals surface area contributed by atoms with E-state index in [1.165, 1.54) is 18.2 Å². The number of nitrogens with zero attached hydrogens (tertiary/aromatic N) is 1. The summed E-state index contributed by atoms with van der Waals surface area (Å²) in [6.07, 6.45) is 2.67. The van der Waals surface area contributed by atoms with Crippen molar-refractivity contribution < 1.29 is 18.7 Å². The fraction of sp³-hybridized carbons (Fsp3) is 0.471.